The molecule has 0 saturated carbocycles. The van der Waals surface area contributed by atoms with Crippen LogP contribution < -0.4 is 5.32 Å². The number of carbonyl (C=O) groups is 2. The second kappa shape index (κ2) is 3.18. The number of carbonyl (C=O) groups excluding carboxylic acids is 2. The summed E-state index contributed by atoms with van der Waals surface area (Å²) in [7, 11) is 0. The van der Waals surface area contributed by atoms with Crippen molar-refractivity contribution in [3.63, 3.8) is 0 Å². The van der Waals surface area contributed by atoms with Crippen molar-refractivity contribution in [1.82, 2.24) is 5.32 Å². The Hall–Kier alpha value is -1.32. The van der Waals surface area contributed by atoms with Gasteiger partial charge in [0.05, 0.1) is 19.4 Å². The molecule has 1 N–H and O–H groups in total. The molecule has 4 nitrogen and oxygen atoms in total. The lowest BCUT2D eigenvalue weighted by atomic mass is 10.2. The second-order valence-electron chi connectivity index (χ2n) is 2.09. The zero-order valence-electron chi connectivity index (χ0n) is 6.22. The van der Waals surface area contributed by atoms with E-state index in [1.807, 2.05) is 0 Å². The average Bonchev–Trinajstić information content (AvgIpc) is 2.29. The Kier molecular flexibility index (Phi) is 2.25. The Labute approximate surface area is 64.2 Å². The van der Waals surface area contributed by atoms with Crippen LogP contribution in [0.4, 0.5) is 0 Å². The van der Waals surface area contributed by atoms with Crippen LogP contribution >= 0.6 is 0 Å². The van der Waals surface area contributed by atoms with E-state index >= 15 is 0 Å². The first-order valence-electron chi connectivity index (χ1n) is 3.39. The van der Waals surface area contributed by atoms with E-state index in [1.54, 1.807) is 6.92 Å². The molecule has 1 rings (SSSR count). The quantitative estimate of drug-likeness (QED) is 0.335. The van der Waals surface area contributed by atoms with E-state index in [-0.39, 0.29) is 23.8 Å². The molecule has 4 heteroatoms. The van der Waals surface area contributed by atoms with Crippen LogP contribution in [0.1, 0.15) is 6.92 Å². The Morgan fingerprint density at radius 2 is 2.36 bits per heavy atom. The molecule has 0 aromatic carbocycles. The molecule has 1 saturated heterocycles. The number of Topliss-reactive ketones (excluding diaryl/α,β-unsaturated/α-hetero) is 1. The van der Waals surface area contributed by atoms with Gasteiger partial charge in [-0.3, -0.25) is 9.59 Å². The van der Waals surface area contributed by atoms with Crippen molar-refractivity contribution in [2.24, 2.45) is 0 Å². The molecule has 0 aliphatic carbocycles. The molecule has 0 bridgehead atoms. The SMILES string of the molecule is CCOC=C1C(=O)CNC1=O. The number of hydrogen-bond acceptors (Lipinski definition) is 3. The average molecular weight is 155 g/mol. The Morgan fingerprint density at radius 1 is 1.64 bits per heavy atom. The molecule has 0 spiro atoms. The summed E-state index contributed by atoms with van der Waals surface area (Å²) in [6.45, 7) is 2.34. The van der Waals surface area contributed by atoms with E-state index in [4.69, 9.17) is 4.74 Å². The van der Waals surface area contributed by atoms with Crippen molar-refractivity contribution in [2.75, 3.05) is 13.2 Å². The van der Waals surface area contributed by atoms with Crippen LogP contribution in [0.3, 0.4) is 0 Å². The summed E-state index contributed by atoms with van der Waals surface area (Å²) >= 11 is 0. The predicted molar refractivity (Wildman–Crippen MR) is 37.7 cm³/mol. The van der Waals surface area contributed by atoms with Crippen LogP contribution in [0.5, 0.6) is 0 Å². The molecular formula is C7H9NO3. The maximum absolute atomic E-state index is 10.9. The second-order valence-corrected chi connectivity index (χ2v) is 2.09. The molecule has 0 radical (unpaired) electrons. The molecule has 0 unspecified atom stereocenters. The van der Waals surface area contributed by atoms with Crippen molar-refractivity contribution >= 4 is 11.7 Å². The van der Waals surface area contributed by atoms with E-state index in [1.165, 1.54) is 6.26 Å². The van der Waals surface area contributed by atoms with Crippen molar-refractivity contribution in [3.05, 3.63) is 11.8 Å². The zero-order chi connectivity index (χ0) is 8.27. The smallest absolute Gasteiger partial charge is 0.258 e. The third kappa shape index (κ3) is 1.58. The summed E-state index contributed by atoms with van der Waals surface area (Å²) in [6.07, 6.45) is 1.21. The fourth-order valence-electron chi connectivity index (χ4n) is 0.764. The van der Waals surface area contributed by atoms with Gasteiger partial charge in [0.15, 0.2) is 5.78 Å². The molecule has 0 aromatic heterocycles. The molecule has 0 atom stereocenters. The van der Waals surface area contributed by atoms with Gasteiger partial charge in [-0.2, -0.15) is 0 Å². The zero-order valence-corrected chi connectivity index (χ0v) is 6.22. The fraction of sp³-hybridized carbons (Fsp3) is 0.429. The number of rotatable bonds is 2. The molecule has 1 amide bonds. The Morgan fingerprint density at radius 3 is 2.82 bits per heavy atom. The van der Waals surface area contributed by atoms with Gasteiger partial charge in [0.2, 0.25) is 0 Å². The fourth-order valence-corrected chi connectivity index (χ4v) is 0.764. The minimum atomic E-state index is -0.344. The lowest BCUT2D eigenvalue weighted by molar-refractivity contribution is -0.117. The lowest BCUT2D eigenvalue weighted by Crippen LogP contribution is -2.14. The van der Waals surface area contributed by atoms with E-state index in [2.05, 4.69) is 5.32 Å². The van der Waals surface area contributed by atoms with Crippen LogP contribution in [0, 0.1) is 0 Å². The maximum Gasteiger partial charge on any atom is 0.258 e. The summed E-state index contributed by atoms with van der Waals surface area (Å²) in [5.74, 6) is -0.549. The third-order valence-corrected chi connectivity index (χ3v) is 1.32. The third-order valence-electron chi connectivity index (χ3n) is 1.32. The standard InChI is InChI=1S/C7H9NO3/c1-2-11-4-5-6(9)3-8-7(5)10/h4H,2-3H2,1H3,(H,8,10). The van der Waals surface area contributed by atoms with Crippen LogP contribution in [-0.2, 0) is 14.3 Å². The normalized spacial score (nSPS) is 20.6. The van der Waals surface area contributed by atoms with E-state index in [0.717, 1.165) is 0 Å². The molecule has 60 valence electrons. The number of nitrogens with one attached hydrogen (secondary N) is 1. The van der Waals surface area contributed by atoms with Crippen molar-refractivity contribution in [3.8, 4) is 0 Å². The highest BCUT2D eigenvalue weighted by molar-refractivity contribution is 6.24. The highest BCUT2D eigenvalue weighted by Gasteiger charge is 2.25. The monoisotopic (exact) mass is 155 g/mol. The summed E-state index contributed by atoms with van der Waals surface area (Å²) in [5, 5.41) is 2.39. The summed E-state index contributed by atoms with van der Waals surface area (Å²) < 4.78 is 4.81. The lowest BCUT2D eigenvalue weighted by Gasteiger charge is -1.93. The molecular weight excluding hydrogens is 146 g/mol. The van der Waals surface area contributed by atoms with E-state index in [9.17, 15) is 9.59 Å². The van der Waals surface area contributed by atoms with Crippen LogP contribution in [0.15, 0.2) is 11.8 Å². The summed E-state index contributed by atoms with van der Waals surface area (Å²) in [6, 6.07) is 0. The topological polar surface area (TPSA) is 55.4 Å². The van der Waals surface area contributed by atoms with Crippen molar-refractivity contribution < 1.29 is 14.3 Å². The first kappa shape index (κ1) is 7.78. The minimum Gasteiger partial charge on any atom is -0.501 e. The molecule has 1 aliphatic rings. The largest absolute Gasteiger partial charge is 0.501 e. The maximum atomic E-state index is 10.9. The Bertz CT molecular complexity index is 202. The number of ketones is 1. The minimum absolute atomic E-state index is 0.0950. The van der Waals surface area contributed by atoms with Crippen LogP contribution in [0.25, 0.3) is 0 Å². The van der Waals surface area contributed by atoms with Crippen molar-refractivity contribution in [1.29, 1.82) is 0 Å². The Balaban J connectivity index is 2.68. The molecule has 1 heterocycles. The first-order valence-corrected chi connectivity index (χ1v) is 3.39. The van der Waals surface area contributed by atoms with Gasteiger partial charge in [-0.25, -0.2) is 0 Å². The van der Waals surface area contributed by atoms with Gasteiger partial charge < -0.3 is 10.1 Å². The molecule has 1 fully saturated rings. The van der Waals surface area contributed by atoms with Gasteiger partial charge in [-0.05, 0) is 6.92 Å². The van der Waals surface area contributed by atoms with Gasteiger partial charge >= 0.3 is 0 Å². The van der Waals surface area contributed by atoms with E-state index in [0.29, 0.717) is 6.61 Å². The molecule has 0 aromatic rings. The van der Waals surface area contributed by atoms with Crippen molar-refractivity contribution in [2.45, 2.75) is 6.92 Å². The van der Waals surface area contributed by atoms with Crippen LogP contribution in [-0.4, -0.2) is 24.8 Å². The van der Waals surface area contributed by atoms with E-state index < -0.39 is 0 Å². The molecule has 1 aliphatic heterocycles. The molecule has 11 heavy (non-hydrogen) atoms. The number of hydrogen-bond donors (Lipinski definition) is 1. The van der Waals surface area contributed by atoms with Crippen LogP contribution in [0.2, 0.25) is 0 Å². The summed E-state index contributed by atoms with van der Waals surface area (Å²) in [5.41, 5.74) is 0.117. The van der Waals surface area contributed by atoms with Gasteiger partial charge in [0.1, 0.15) is 5.57 Å². The number of ether oxygens (including phenoxy) is 1. The van der Waals surface area contributed by atoms with Gasteiger partial charge in [0, 0.05) is 0 Å². The summed E-state index contributed by atoms with van der Waals surface area (Å²) in [4.78, 5) is 21.7. The van der Waals surface area contributed by atoms with Gasteiger partial charge in [-0.1, -0.05) is 0 Å². The number of amides is 1. The first-order chi connectivity index (χ1) is 5.25. The highest BCUT2D eigenvalue weighted by Crippen LogP contribution is 2.03. The highest BCUT2D eigenvalue weighted by atomic mass is 16.5. The predicted octanol–water partition coefficient (Wildman–Crippen LogP) is -0.394. The van der Waals surface area contributed by atoms with Gasteiger partial charge in [-0.15, -0.1) is 0 Å². The van der Waals surface area contributed by atoms with Gasteiger partial charge in [0.25, 0.3) is 5.91 Å².